The second kappa shape index (κ2) is 8.12. The van der Waals surface area contributed by atoms with Gasteiger partial charge in [-0.25, -0.2) is 9.78 Å². The fourth-order valence-corrected chi connectivity index (χ4v) is 3.34. The average Bonchev–Trinajstić information content (AvgIpc) is 3.03. The van der Waals surface area contributed by atoms with Gasteiger partial charge in [0.25, 0.3) is 0 Å². The Labute approximate surface area is 146 Å². The van der Waals surface area contributed by atoms with Gasteiger partial charge >= 0.3 is 6.09 Å². The number of aromatic nitrogens is 1. The molecule has 0 unspecified atom stereocenters. The molecule has 0 bridgehead atoms. The van der Waals surface area contributed by atoms with Crippen LogP contribution in [0.2, 0.25) is 0 Å². The maximum atomic E-state index is 11.7. The normalized spacial score (nSPS) is 15.3. The predicted octanol–water partition coefficient (Wildman–Crippen LogP) is 3.16. The number of benzene rings is 1. The van der Waals surface area contributed by atoms with Gasteiger partial charge in [-0.1, -0.05) is 18.2 Å². The van der Waals surface area contributed by atoms with E-state index in [2.05, 4.69) is 20.6 Å². The van der Waals surface area contributed by atoms with Crippen LogP contribution in [0.15, 0.2) is 35.7 Å². The minimum absolute atomic E-state index is 0.208. The number of anilines is 2. The van der Waals surface area contributed by atoms with Crippen LogP contribution in [0.4, 0.5) is 15.6 Å². The van der Waals surface area contributed by atoms with E-state index in [9.17, 15) is 4.79 Å². The van der Waals surface area contributed by atoms with E-state index in [4.69, 9.17) is 4.74 Å². The second-order valence-electron chi connectivity index (χ2n) is 5.60. The first-order valence-corrected chi connectivity index (χ1v) is 9.03. The summed E-state index contributed by atoms with van der Waals surface area (Å²) in [6, 6.07) is 10.0. The Morgan fingerprint density at radius 2 is 2.00 bits per heavy atom. The quantitative estimate of drug-likeness (QED) is 0.901. The van der Waals surface area contributed by atoms with Crippen LogP contribution in [0.5, 0.6) is 0 Å². The lowest BCUT2D eigenvalue weighted by Gasteiger charge is -2.33. The molecule has 7 heteroatoms. The lowest BCUT2D eigenvalue weighted by Crippen LogP contribution is -2.48. The van der Waals surface area contributed by atoms with Gasteiger partial charge in [-0.2, -0.15) is 0 Å². The molecule has 2 heterocycles. The molecule has 0 atom stereocenters. The summed E-state index contributed by atoms with van der Waals surface area (Å²) in [5.74, 6) is 0. The molecule has 0 radical (unpaired) electrons. The number of ether oxygens (including phenoxy) is 1. The third kappa shape index (κ3) is 4.46. The minimum atomic E-state index is -0.208. The van der Waals surface area contributed by atoms with Crippen molar-refractivity contribution < 1.29 is 9.53 Å². The number of para-hydroxylation sites is 1. The van der Waals surface area contributed by atoms with Gasteiger partial charge in [-0.15, -0.1) is 11.3 Å². The summed E-state index contributed by atoms with van der Waals surface area (Å²) in [4.78, 5) is 20.4. The van der Waals surface area contributed by atoms with Crippen LogP contribution in [0.3, 0.4) is 0 Å². The SMILES string of the molecule is CCOC(=O)N1CCN(Cc2csc(Nc3ccccc3)n2)CC1. The monoisotopic (exact) mass is 346 g/mol. The van der Waals surface area contributed by atoms with E-state index in [1.54, 1.807) is 16.2 Å². The van der Waals surface area contributed by atoms with Crippen LogP contribution in [-0.2, 0) is 11.3 Å². The molecule has 1 saturated heterocycles. The van der Waals surface area contributed by atoms with Crippen molar-refractivity contribution in [2.75, 3.05) is 38.1 Å². The summed E-state index contributed by atoms with van der Waals surface area (Å²) in [5, 5.41) is 6.31. The molecule has 128 valence electrons. The average molecular weight is 346 g/mol. The molecule has 3 rings (SSSR count). The Balaban J connectivity index is 1.48. The molecule has 6 nitrogen and oxygen atoms in total. The van der Waals surface area contributed by atoms with Crippen molar-refractivity contribution in [3.8, 4) is 0 Å². The summed E-state index contributed by atoms with van der Waals surface area (Å²) >= 11 is 1.61. The molecule has 0 saturated carbocycles. The number of rotatable bonds is 5. The second-order valence-corrected chi connectivity index (χ2v) is 6.46. The Morgan fingerprint density at radius 1 is 1.25 bits per heavy atom. The number of hydrogen-bond acceptors (Lipinski definition) is 6. The molecular formula is C17H22N4O2S. The van der Waals surface area contributed by atoms with Gasteiger partial charge in [0.1, 0.15) is 0 Å². The molecule has 1 N–H and O–H groups in total. The summed E-state index contributed by atoms with van der Waals surface area (Å²) in [7, 11) is 0. The highest BCUT2D eigenvalue weighted by molar-refractivity contribution is 7.13. The molecule has 2 aromatic rings. The van der Waals surface area contributed by atoms with E-state index in [-0.39, 0.29) is 6.09 Å². The molecule has 1 amide bonds. The van der Waals surface area contributed by atoms with Gasteiger partial charge in [0.2, 0.25) is 0 Å². The lowest BCUT2D eigenvalue weighted by atomic mass is 10.3. The molecule has 1 aliphatic rings. The first kappa shape index (κ1) is 16.7. The zero-order valence-corrected chi connectivity index (χ0v) is 14.6. The smallest absolute Gasteiger partial charge is 0.409 e. The van der Waals surface area contributed by atoms with Gasteiger partial charge in [0.05, 0.1) is 12.3 Å². The van der Waals surface area contributed by atoms with Crippen molar-refractivity contribution in [1.82, 2.24) is 14.8 Å². The molecule has 1 aromatic carbocycles. The van der Waals surface area contributed by atoms with Gasteiger partial charge in [0, 0.05) is 43.8 Å². The van der Waals surface area contributed by atoms with E-state index in [1.165, 1.54) is 0 Å². The fraction of sp³-hybridized carbons (Fsp3) is 0.412. The number of thiazole rings is 1. The van der Waals surface area contributed by atoms with Crippen molar-refractivity contribution in [3.05, 3.63) is 41.4 Å². The third-order valence-electron chi connectivity index (χ3n) is 3.86. The van der Waals surface area contributed by atoms with E-state index in [1.807, 2.05) is 37.3 Å². The first-order valence-electron chi connectivity index (χ1n) is 8.15. The topological polar surface area (TPSA) is 57.7 Å². The number of nitrogens with one attached hydrogen (secondary N) is 1. The highest BCUT2D eigenvalue weighted by Gasteiger charge is 2.22. The van der Waals surface area contributed by atoms with Crippen molar-refractivity contribution in [2.24, 2.45) is 0 Å². The number of amides is 1. The number of hydrogen-bond donors (Lipinski definition) is 1. The van der Waals surface area contributed by atoms with Crippen LogP contribution in [0, 0.1) is 0 Å². The summed E-state index contributed by atoms with van der Waals surface area (Å²) < 4.78 is 5.04. The number of nitrogens with zero attached hydrogens (tertiary/aromatic N) is 3. The lowest BCUT2D eigenvalue weighted by molar-refractivity contribution is 0.0776. The number of carbonyl (C=O) groups excluding carboxylic acids is 1. The van der Waals surface area contributed by atoms with Gasteiger partial charge in [0.15, 0.2) is 5.13 Å². The highest BCUT2D eigenvalue weighted by Crippen LogP contribution is 2.21. The molecule has 0 aliphatic carbocycles. The van der Waals surface area contributed by atoms with Crippen LogP contribution < -0.4 is 5.32 Å². The third-order valence-corrected chi connectivity index (χ3v) is 4.67. The number of carbonyl (C=O) groups is 1. The highest BCUT2D eigenvalue weighted by atomic mass is 32.1. The van der Waals surface area contributed by atoms with Crippen molar-refractivity contribution in [1.29, 1.82) is 0 Å². The summed E-state index contributed by atoms with van der Waals surface area (Å²) in [6.45, 7) is 6.17. The Kier molecular flexibility index (Phi) is 5.66. The first-order chi connectivity index (χ1) is 11.7. The zero-order valence-electron chi connectivity index (χ0n) is 13.8. The van der Waals surface area contributed by atoms with Crippen molar-refractivity contribution in [2.45, 2.75) is 13.5 Å². The van der Waals surface area contributed by atoms with E-state index in [0.717, 1.165) is 36.1 Å². The van der Waals surface area contributed by atoms with Gasteiger partial charge < -0.3 is 15.0 Å². The Bertz CT molecular complexity index is 654. The maximum absolute atomic E-state index is 11.7. The van der Waals surface area contributed by atoms with E-state index in [0.29, 0.717) is 19.7 Å². The van der Waals surface area contributed by atoms with Gasteiger partial charge in [-0.3, -0.25) is 4.90 Å². The zero-order chi connectivity index (χ0) is 16.8. The van der Waals surface area contributed by atoms with Crippen molar-refractivity contribution in [3.63, 3.8) is 0 Å². The molecule has 1 aliphatic heterocycles. The van der Waals surface area contributed by atoms with E-state index >= 15 is 0 Å². The summed E-state index contributed by atoms with van der Waals surface area (Å²) in [5.41, 5.74) is 2.10. The predicted molar refractivity (Wildman–Crippen MR) is 95.7 cm³/mol. The standard InChI is InChI=1S/C17H22N4O2S/c1-2-23-17(22)21-10-8-20(9-11-21)12-15-13-24-16(19-15)18-14-6-4-3-5-7-14/h3-7,13H,2,8-12H2,1H3,(H,18,19). The minimum Gasteiger partial charge on any atom is -0.450 e. The van der Waals surface area contributed by atoms with Crippen LogP contribution in [-0.4, -0.2) is 53.7 Å². The van der Waals surface area contributed by atoms with Crippen LogP contribution in [0.1, 0.15) is 12.6 Å². The molecule has 0 spiro atoms. The fourth-order valence-electron chi connectivity index (χ4n) is 2.61. The molecule has 24 heavy (non-hydrogen) atoms. The van der Waals surface area contributed by atoms with Crippen LogP contribution >= 0.6 is 11.3 Å². The molecular weight excluding hydrogens is 324 g/mol. The summed E-state index contributed by atoms with van der Waals surface area (Å²) in [6.07, 6.45) is -0.208. The number of piperazine rings is 1. The van der Waals surface area contributed by atoms with Crippen LogP contribution in [0.25, 0.3) is 0 Å². The molecule has 1 aromatic heterocycles. The molecule has 1 fully saturated rings. The van der Waals surface area contributed by atoms with Crippen molar-refractivity contribution >= 4 is 28.2 Å². The Morgan fingerprint density at radius 3 is 2.71 bits per heavy atom. The Hall–Kier alpha value is -2.12. The largest absolute Gasteiger partial charge is 0.450 e. The maximum Gasteiger partial charge on any atom is 0.409 e. The van der Waals surface area contributed by atoms with E-state index < -0.39 is 0 Å². The van der Waals surface area contributed by atoms with Gasteiger partial charge in [-0.05, 0) is 19.1 Å².